The first-order valence-corrected chi connectivity index (χ1v) is 6.36. The molecule has 1 aromatic heterocycles. The number of nitro benzene ring substituents is 1. The topological polar surface area (TPSA) is 94.9 Å². The Labute approximate surface area is 125 Å². The second-order valence-corrected chi connectivity index (χ2v) is 4.59. The van der Waals surface area contributed by atoms with Gasteiger partial charge in [-0.3, -0.25) is 10.1 Å². The second-order valence-electron chi connectivity index (χ2n) is 4.59. The van der Waals surface area contributed by atoms with Crippen molar-refractivity contribution in [3.05, 3.63) is 58.4 Å². The number of nitrogen functional groups attached to an aromatic ring is 1. The molecule has 0 aliphatic carbocycles. The molecule has 6 heteroatoms. The number of hydrogen-bond donors (Lipinski definition) is 1. The summed E-state index contributed by atoms with van der Waals surface area (Å²) < 4.78 is 0. The van der Waals surface area contributed by atoms with E-state index in [9.17, 15) is 10.1 Å². The summed E-state index contributed by atoms with van der Waals surface area (Å²) in [6.07, 6.45) is 6.73. The molecule has 0 fully saturated rings. The van der Waals surface area contributed by atoms with E-state index in [0.29, 0.717) is 27.6 Å². The van der Waals surface area contributed by atoms with Crippen molar-refractivity contribution in [2.75, 3.05) is 5.73 Å². The van der Waals surface area contributed by atoms with Crippen molar-refractivity contribution < 1.29 is 4.92 Å². The number of nitrogens with two attached hydrogens (primary N) is 1. The average molecular weight is 290 g/mol. The third-order valence-electron chi connectivity index (χ3n) is 3.33. The van der Waals surface area contributed by atoms with Gasteiger partial charge in [0.15, 0.2) is 0 Å². The van der Waals surface area contributed by atoms with Crippen molar-refractivity contribution in [2.24, 2.45) is 0 Å². The molecule has 1 heterocycles. The summed E-state index contributed by atoms with van der Waals surface area (Å²) >= 11 is 0. The lowest BCUT2D eigenvalue weighted by Gasteiger charge is -2.09. The van der Waals surface area contributed by atoms with Crippen molar-refractivity contribution in [3.63, 3.8) is 0 Å². The van der Waals surface area contributed by atoms with Crippen molar-refractivity contribution in [1.29, 1.82) is 0 Å². The van der Waals surface area contributed by atoms with Crippen LogP contribution in [0.4, 0.5) is 11.5 Å². The zero-order valence-electron chi connectivity index (χ0n) is 11.4. The van der Waals surface area contributed by atoms with Gasteiger partial charge in [0.2, 0.25) is 0 Å². The quantitative estimate of drug-likeness (QED) is 0.445. The van der Waals surface area contributed by atoms with Crippen LogP contribution in [-0.2, 0) is 0 Å². The molecule has 2 aromatic carbocycles. The van der Waals surface area contributed by atoms with Gasteiger partial charge < -0.3 is 5.73 Å². The van der Waals surface area contributed by atoms with Gasteiger partial charge in [-0.15, -0.1) is 6.42 Å². The Bertz CT molecular complexity index is 945. The number of benzene rings is 2. The van der Waals surface area contributed by atoms with Crippen LogP contribution >= 0.6 is 0 Å². The van der Waals surface area contributed by atoms with Crippen molar-refractivity contribution >= 4 is 22.4 Å². The monoisotopic (exact) mass is 290 g/mol. The molecule has 0 saturated heterocycles. The molecule has 0 aliphatic heterocycles. The number of fused-ring (bicyclic) bond motifs is 1. The van der Waals surface area contributed by atoms with Crippen molar-refractivity contribution in [2.45, 2.75) is 0 Å². The highest BCUT2D eigenvalue weighted by Gasteiger charge is 2.21. The van der Waals surface area contributed by atoms with Gasteiger partial charge in [-0.2, -0.15) is 0 Å². The van der Waals surface area contributed by atoms with Crippen LogP contribution in [0.2, 0.25) is 0 Å². The number of hydrogen-bond acceptors (Lipinski definition) is 5. The van der Waals surface area contributed by atoms with Gasteiger partial charge >= 0.3 is 0 Å². The molecule has 22 heavy (non-hydrogen) atoms. The third-order valence-corrected chi connectivity index (χ3v) is 3.33. The standard InChI is InChI=1S/C16H10N4O2/c1-2-10-4-3-5-11(8-10)14-13(20(21)22)7-6-12-15(14)16(17)19-9-18-12/h1,3-9H,(H2,17,18,19). The zero-order valence-corrected chi connectivity index (χ0v) is 11.4. The largest absolute Gasteiger partial charge is 0.383 e. The van der Waals surface area contributed by atoms with E-state index in [0.717, 1.165) is 0 Å². The summed E-state index contributed by atoms with van der Waals surface area (Å²) in [5.74, 6) is 2.71. The average Bonchev–Trinajstić information content (AvgIpc) is 2.54. The number of anilines is 1. The van der Waals surface area contributed by atoms with E-state index in [2.05, 4.69) is 15.9 Å². The molecule has 0 unspecified atom stereocenters. The first kappa shape index (κ1) is 13.5. The molecule has 3 rings (SSSR count). The number of rotatable bonds is 2. The Morgan fingerprint density at radius 2 is 2.05 bits per heavy atom. The fraction of sp³-hybridized carbons (Fsp3) is 0. The van der Waals surface area contributed by atoms with Crippen LogP contribution in [-0.4, -0.2) is 14.9 Å². The lowest BCUT2D eigenvalue weighted by molar-refractivity contribution is -0.384. The maximum Gasteiger partial charge on any atom is 0.278 e. The molecule has 0 atom stereocenters. The lowest BCUT2D eigenvalue weighted by Crippen LogP contribution is -1.99. The fourth-order valence-corrected chi connectivity index (χ4v) is 2.37. The first-order chi connectivity index (χ1) is 10.6. The van der Waals surface area contributed by atoms with Crippen LogP contribution in [0.5, 0.6) is 0 Å². The highest BCUT2D eigenvalue weighted by atomic mass is 16.6. The molecule has 0 bridgehead atoms. The molecule has 3 aromatic rings. The van der Waals surface area contributed by atoms with E-state index in [4.69, 9.17) is 12.2 Å². The van der Waals surface area contributed by atoms with Gasteiger partial charge in [0, 0.05) is 11.6 Å². The molecule has 0 radical (unpaired) electrons. The maximum atomic E-state index is 11.4. The first-order valence-electron chi connectivity index (χ1n) is 6.36. The summed E-state index contributed by atoms with van der Waals surface area (Å²) in [5, 5.41) is 11.8. The van der Waals surface area contributed by atoms with Gasteiger partial charge in [0.05, 0.1) is 21.4 Å². The van der Waals surface area contributed by atoms with Gasteiger partial charge in [-0.25, -0.2) is 9.97 Å². The number of aromatic nitrogens is 2. The Hall–Kier alpha value is -3.46. The van der Waals surface area contributed by atoms with Crippen LogP contribution in [0.3, 0.4) is 0 Å². The van der Waals surface area contributed by atoms with Crippen LogP contribution < -0.4 is 5.73 Å². The number of terminal acetylenes is 1. The summed E-state index contributed by atoms with van der Waals surface area (Å²) in [6, 6.07) is 9.91. The van der Waals surface area contributed by atoms with E-state index in [1.165, 1.54) is 12.4 Å². The minimum absolute atomic E-state index is 0.0665. The number of nitrogens with zero attached hydrogens (tertiary/aromatic N) is 3. The Morgan fingerprint density at radius 1 is 1.23 bits per heavy atom. The van der Waals surface area contributed by atoms with E-state index < -0.39 is 4.92 Å². The molecule has 0 spiro atoms. The van der Waals surface area contributed by atoms with Gasteiger partial charge in [-0.05, 0) is 23.8 Å². The Kier molecular flexibility index (Phi) is 3.16. The van der Waals surface area contributed by atoms with E-state index in [1.807, 2.05) is 0 Å². The summed E-state index contributed by atoms with van der Waals surface area (Å²) in [4.78, 5) is 19.0. The highest BCUT2D eigenvalue weighted by Crippen LogP contribution is 2.38. The summed E-state index contributed by atoms with van der Waals surface area (Å²) in [6.45, 7) is 0. The third kappa shape index (κ3) is 2.11. The molecule has 6 nitrogen and oxygen atoms in total. The van der Waals surface area contributed by atoms with Crippen LogP contribution in [0.15, 0.2) is 42.7 Å². The van der Waals surface area contributed by atoms with E-state index >= 15 is 0 Å². The Morgan fingerprint density at radius 3 is 2.77 bits per heavy atom. The SMILES string of the molecule is C#Cc1cccc(-c2c([N+](=O)[O-])ccc3ncnc(N)c23)c1. The molecular formula is C16H10N4O2. The molecule has 0 saturated carbocycles. The molecule has 2 N–H and O–H groups in total. The minimum atomic E-state index is -0.455. The predicted octanol–water partition coefficient (Wildman–Crippen LogP) is 2.77. The highest BCUT2D eigenvalue weighted by molar-refractivity contribution is 6.04. The number of nitro groups is 1. The zero-order chi connectivity index (χ0) is 15.7. The van der Waals surface area contributed by atoms with Crippen LogP contribution in [0.25, 0.3) is 22.0 Å². The fourth-order valence-electron chi connectivity index (χ4n) is 2.37. The smallest absolute Gasteiger partial charge is 0.278 e. The van der Waals surface area contributed by atoms with Gasteiger partial charge in [0.1, 0.15) is 12.1 Å². The Balaban J connectivity index is 2.46. The van der Waals surface area contributed by atoms with Crippen LogP contribution in [0.1, 0.15) is 5.56 Å². The summed E-state index contributed by atoms with van der Waals surface area (Å²) in [5.41, 5.74) is 8.00. The minimum Gasteiger partial charge on any atom is -0.383 e. The molecular weight excluding hydrogens is 280 g/mol. The van der Waals surface area contributed by atoms with Gasteiger partial charge in [-0.1, -0.05) is 18.1 Å². The van der Waals surface area contributed by atoms with Gasteiger partial charge in [0.25, 0.3) is 5.69 Å². The van der Waals surface area contributed by atoms with Crippen molar-refractivity contribution in [1.82, 2.24) is 9.97 Å². The second kappa shape index (κ2) is 5.14. The van der Waals surface area contributed by atoms with Crippen molar-refractivity contribution in [3.8, 4) is 23.5 Å². The summed E-state index contributed by atoms with van der Waals surface area (Å²) in [7, 11) is 0. The molecule has 0 aliphatic rings. The molecule has 0 amide bonds. The van der Waals surface area contributed by atoms with E-state index in [-0.39, 0.29) is 11.5 Å². The normalized spacial score (nSPS) is 10.3. The lowest BCUT2D eigenvalue weighted by atomic mass is 9.97. The predicted molar refractivity (Wildman–Crippen MR) is 84.0 cm³/mol. The maximum absolute atomic E-state index is 11.4. The molecule has 106 valence electrons. The van der Waals surface area contributed by atoms with Crippen LogP contribution in [0, 0.1) is 22.5 Å². The van der Waals surface area contributed by atoms with E-state index in [1.54, 1.807) is 30.3 Å².